The van der Waals surface area contributed by atoms with Crippen LogP contribution in [0.25, 0.3) is 0 Å². The first-order valence-electron chi connectivity index (χ1n) is 16.2. The quantitative estimate of drug-likeness (QED) is 0.394. The molecule has 38 heavy (non-hydrogen) atoms. The highest BCUT2D eigenvalue weighted by atomic mass is 16.2. The zero-order valence-corrected chi connectivity index (χ0v) is 23.9. The summed E-state index contributed by atoms with van der Waals surface area (Å²) in [5.74, 6) is 1.10. The van der Waals surface area contributed by atoms with E-state index in [1.165, 1.54) is 56.9 Å². The number of fused-ring (bicyclic) bond motifs is 5. The van der Waals surface area contributed by atoms with Crippen LogP contribution in [-0.2, 0) is 9.59 Å². The highest BCUT2D eigenvalue weighted by molar-refractivity contribution is 6.11. The van der Waals surface area contributed by atoms with Crippen molar-refractivity contribution in [3.63, 3.8) is 0 Å². The van der Waals surface area contributed by atoms with Gasteiger partial charge in [-0.1, -0.05) is 64.4 Å². The summed E-state index contributed by atoms with van der Waals surface area (Å²) in [6.07, 6.45) is 21.7. The van der Waals surface area contributed by atoms with Crippen LogP contribution in [-0.4, -0.2) is 34.7 Å². The maximum atomic E-state index is 14.3. The first-order chi connectivity index (χ1) is 18.3. The summed E-state index contributed by atoms with van der Waals surface area (Å²) in [7, 11) is 0. The number of imide groups is 1. The monoisotopic (exact) mass is 522 g/mol. The molecule has 3 amide bonds. The topological polar surface area (TPSA) is 66.5 Å². The Morgan fingerprint density at radius 1 is 0.842 bits per heavy atom. The lowest BCUT2D eigenvalue weighted by Gasteiger charge is -2.58. The molecule has 0 aromatic rings. The minimum Gasteiger partial charge on any atom is -0.335 e. The molecular formula is C33H50N2O3. The van der Waals surface area contributed by atoms with Crippen LogP contribution >= 0.6 is 0 Å². The van der Waals surface area contributed by atoms with E-state index in [0.717, 1.165) is 63.7 Å². The van der Waals surface area contributed by atoms with Crippen molar-refractivity contribution in [3.8, 4) is 0 Å². The van der Waals surface area contributed by atoms with Gasteiger partial charge in [-0.2, -0.15) is 0 Å². The van der Waals surface area contributed by atoms with Gasteiger partial charge in [0.1, 0.15) is 5.92 Å². The summed E-state index contributed by atoms with van der Waals surface area (Å²) in [6, 6.07) is -0.149. The molecule has 6 atom stereocenters. The molecule has 6 rings (SSSR count). The number of ketones is 1. The van der Waals surface area contributed by atoms with Crippen LogP contribution in [0.15, 0.2) is 11.6 Å². The molecule has 0 aliphatic heterocycles. The van der Waals surface area contributed by atoms with Crippen molar-refractivity contribution < 1.29 is 14.4 Å². The summed E-state index contributed by atoms with van der Waals surface area (Å²) in [6.45, 7) is 4.89. The Kier molecular flexibility index (Phi) is 7.27. The molecule has 0 spiro atoms. The Hall–Kier alpha value is -1.65. The predicted octanol–water partition coefficient (Wildman–Crippen LogP) is 7.34. The molecule has 5 heteroatoms. The average molecular weight is 523 g/mol. The molecule has 6 aliphatic rings. The molecule has 1 N–H and O–H groups in total. The van der Waals surface area contributed by atoms with Gasteiger partial charge in [0.15, 0.2) is 5.78 Å². The number of hydrogen-bond donors (Lipinski definition) is 1. The Morgan fingerprint density at radius 3 is 2.29 bits per heavy atom. The number of carbonyl (C=O) groups excluding carboxylic acids is 3. The number of hydrogen-bond acceptors (Lipinski definition) is 3. The molecule has 0 radical (unpaired) electrons. The highest BCUT2D eigenvalue weighted by Crippen LogP contribution is 2.65. The lowest BCUT2D eigenvalue weighted by Crippen LogP contribution is -2.57. The van der Waals surface area contributed by atoms with Crippen LogP contribution < -0.4 is 5.32 Å². The van der Waals surface area contributed by atoms with Gasteiger partial charge >= 0.3 is 6.03 Å². The smallest absolute Gasteiger partial charge is 0.324 e. The van der Waals surface area contributed by atoms with Gasteiger partial charge in [-0.15, -0.1) is 0 Å². The SMILES string of the molecule is C[C@@]12CCC[C@H]1[C@@H]1CCC3=CC(=O)C(C(=O)N(C(=O)NC4CCCCC4)C4CCCCC4)C[C@]3(C)[C@@H]1CC2. The summed E-state index contributed by atoms with van der Waals surface area (Å²) in [4.78, 5) is 43.2. The zero-order chi connectivity index (χ0) is 26.5. The molecular weight excluding hydrogens is 472 g/mol. The van der Waals surface area contributed by atoms with Crippen molar-refractivity contribution in [1.82, 2.24) is 10.2 Å². The number of rotatable bonds is 3. The van der Waals surface area contributed by atoms with Crippen molar-refractivity contribution in [2.75, 3.05) is 0 Å². The van der Waals surface area contributed by atoms with E-state index in [1.807, 2.05) is 6.08 Å². The standard InChI is InChI=1S/C33H50N2O3/c1-32-18-9-14-27(32)25-16-15-22-20-29(36)26(21-33(22,2)28(25)17-19-32)30(37)35(24-12-7-4-8-13-24)31(38)34-23-10-5-3-6-11-23/h20,23-28H,3-19,21H2,1-2H3,(H,34,38)/t25-,26?,27-,28+,32-,33-/m0/s1. The Bertz CT molecular complexity index is 977. The lowest BCUT2D eigenvalue weighted by molar-refractivity contribution is -0.143. The number of allylic oxidation sites excluding steroid dienone is 1. The summed E-state index contributed by atoms with van der Waals surface area (Å²) in [5, 5.41) is 3.23. The fourth-order valence-corrected chi connectivity index (χ4v) is 10.3. The van der Waals surface area contributed by atoms with Gasteiger partial charge in [-0.25, -0.2) is 4.79 Å². The largest absolute Gasteiger partial charge is 0.335 e. The fourth-order valence-electron chi connectivity index (χ4n) is 10.3. The molecule has 0 saturated heterocycles. The van der Waals surface area contributed by atoms with Crippen LogP contribution in [0.2, 0.25) is 0 Å². The van der Waals surface area contributed by atoms with Crippen molar-refractivity contribution in [1.29, 1.82) is 0 Å². The number of amides is 3. The molecule has 210 valence electrons. The van der Waals surface area contributed by atoms with Crippen molar-refractivity contribution in [2.24, 2.45) is 34.5 Å². The first kappa shape index (κ1) is 26.6. The second-order valence-electron chi connectivity index (χ2n) is 14.5. The van der Waals surface area contributed by atoms with Gasteiger partial charge in [0.25, 0.3) is 0 Å². The number of carbonyl (C=O) groups is 3. The molecule has 5 fully saturated rings. The number of nitrogens with zero attached hydrogens (tertiary/aromatic N) is 1. The normalized spacial score (nSPS) is 39.9. The maximum absolute atomic E-state index is 14.3. The van der Waals surface area contributed by atoms with Crippen LogP contribution in [0.5, 0.6) is 0 Å². The molecule has 0 heterocycles. The third-order valence-electron chi connectivity index (χ3n) is 12.4. The van der Waals surface area contributed by atoms with E-state index in [4.69, 9.17) is 0 Å². The molecule has 1 unspecified atom stereocenters. The highest BCUT2D eigenvalue weighted by Gasteiger charge is 2.58. The molecule has 5 saturated carbocycles. The lowest BCUT2D eigenvalue weighted by atomic mass is 9.47. The van der Waals surface area contributed by atoms with Crippen LogP contribution in [0, 0.1) is 34.5 Å². The Balaban J connectivity index is 1.25. The van der Waals surface area contributed by atoms with E-state index < -0.39 is 5.92 Å². The van der Waals surface area contributed by atoms with E-state index >= 15 is 0 Å². The third kappa shape index (κ3) is 4.58. The van der Waals surface area contributed by atoms with Gasteiger partial charge < -0.3 is 5.32 Å². The molecule has 5 nitrogen and oxygen atoms in total. The van der Waals surface area contributed by atoms with Gasteiger partial charge in [-0.3, -0.25) is 14.5 Å². The number of urea groups is 1. The summed E-state index contributed by atoms with van der Waals surface area (Å²) < 4.78 is 0. The fraction of sp³-hybridized carbons (Fsp3) is 0.848. The van der Waals surface area contributed by atoms with Crippen LogP contribution in [0.4, 0.5) is 4.79 Å². The third-order valence-corrected chi connectivity index (χ3v) is 12.4. The van der Waals surface area contributed by atoms with E-state index in [9.17, 15) is 14.4 Å². The van der Waals surface area contributed by atoms with E-state index in [2.05, 4.69) is 19.2 Å². The molecule has 6 aliphatic carbocycles. The minimum absolute atomic E-state index is 0.0475. The van der Waals surface area contributed by atoms with Crippen LogP contribution in [0.3, 0.4) is 0 Å². The summed E-state index contributed by atoms with van der Waals surface area (Å²) in [5.41, 5.74) is 1.69. The van der Waals surface area contributed by atoms with Crippen molar-refractivity contribution in [3.05, 3.63) is 11.6 Å². The Morgan fingerprint density at radius 2 is 1.55 bits per heavy atom. The second-order valence-corrected chi connectivity index (χ2v) is 14.5. The second kappa shape index (κ2) is 10.4. The molecule has 0 aromatic heterocycles. The first-order valence-corrected chi connectivity index (χ1v) is 16.2. The van der Waals surface area contributed by atoms with E-state index in [1.54, 1.807) is 4.90 Å². The van der Waals surface area contributed by atoms with E-state index in [-0.39, 0.29) is 35.2 Å². The van der Waals surface area contributed by atoms with Gasteiger partial charge in [0.2, 0.25) is 5.91 Å². The summed E-state index contributed by atoms with van der Waals surface area (Å²) >= 11 is 0. The van der Waals surface area contributed by atoms with Gasteiger partial charge in [-0.05, 0) is 105 Å². The molecule has 0 bridgehead atoms. The van der Waals surface area contributed by atoms with Gasteiger partial charge in [0.05, 0.1) is 0 Å². The van der Waals surface area contributed by atoms with Crippen molar-refractivity contribution >= 4 is 17.7 Å². The average Bonchev–Trinajstić information content (AvgIpc) is 3.32. The van der Waals surface area contributed by atoms with Crippen molar-refractivity contribution in [2.45, 2.75) is 142 Å². The molecule has 0 aromatic carbocycles. The maximum Gasteiger partial charge on any atom is 0.324 e. The van der Waals surface area contributed by atoms with Gasteiger partial charge in [0, 0.05) is 12.1 Å². The predicted molar refractivity (Wildman–Crippen MR) is 149 cm³/mol. The minimum atomic E-state index is -0.710. The zero-order valence-electron chi connectivity index (χ0n) is 23.9. The van der Waals surface area contributed by atoms with E-state index in [0.29, 0.717) is 23.7 Å². The Labute approximate surface area is 229 Å². The van der Waals surface area contributed by atoms with Crippen LogP contribution in [0.1, 0.15) is 129 Å². The number of nitrogens with one attached hydrogen (secondary N) is 1.